The molecule has 72 valence electrons. The lowest BCUT2D eigenvalue weighted by Gasteiger charge is -2.02. The maximum atomic E-state index is 11.2. The molecule has 0 aromatic heterocycles. The van der Waals surface area contributed by atoms with Gasteiger partial charge in [-0.05, 0) is 19.4 Å². The molecule has 0 aromatic carbocycles. The van der Waals surface area contributed by atoms with Gasteiger partial charge in [0, 0.05) is 12.3 Å². The summed E-state index contributed by atoms with van der Waals surface area (Å²) in [6.45, 7) is 4.70. The van der Waals surface area contributed by atoms with Gasteiger partial charge in [0.05, 0.1) is 0 Å². The van der Waals surface area contributed by atoms with E-state index in [0.717, 1.165) is 32.2 Å². The summed E-state index contributed by atoms with van der Waals surface area (Å²) in [5, 5.41) is 0. The molecule has 0 heterocycles. The second-order valence-electron chi connectivity index (χ2n) is 3.57. The van der Waals surface area contributed by atoms with Crippen LogP contribution in [0.5, 0.6) is 0 Å². The minimum absolute atomic E-state index is 0.208. The normalized spacial score (nSPS) is 10.7. The fourth-order valence-electron chi connectivity index (χ4n) is 1.09. The molecule has 0 amide bonds. The van der Waals surface area contributed by atoms with Crippen LogP contribution in [0, 0.1) is 5.92 Å². The van der Waals surface area contributed by atoms with Crippen molar-refractivity contribution in [3.8, 4) is 0 Å². The lowest BCUT2D eigenvalue weighted by atomic mass is 10.0. The molecule has 2 heteroatoms. The van der Waals surface area contributed by atoms with E-state index in [1.54, 1.807) is 0 Å². The van der Waals surface area contributed by atoms with Gasteiger partial charge < -0.3 is 5.73 Å². The summed E-state index contributed by atoms with van der Waals surface area (Å²) < 4.78 is 0. The Labute approximate surface area is 75.5 Å². The van der Waals surface area contributed by atoms with Crippen molar-refractivity contribution in [2.75, 3.05) is 6.54 Å². The summed E-state index contributed by atoms with van der Waals surface area (Å²) in [6.07, 6.45) is 5.20. The predicted molar refractivity (Wildman–Crippen MR) is 52.0 cm³/mol. The summed E-state index contributed by atoms with van der Waals surface area (Å²) in [5.41, 5.74) is 5.35. The molecular weight excluding hydrogens is 150 g/mol. The number of carbonyl (C=O) groups excluding carboxylic acids is 1. The van der Waals surface area contributed by atoms with Crippen molar-refractivity contribution < 1.29 is 4.79 Å². The van der Waals surface area contributed by atoms with E-state index < -0.39 is 0 Å². The Morgan fingerprint density at radius 2 is 1.75 bits per heavy atom. The highest BCUT2D eigenvalue weighted by Gasteiger charge is 2.05. The van der Waals surface area contributed by atoms with Gasteiger partial charge in [0.15, 0.2) is 0 Å². The number of Topliss-reactive ketones (excluding diaryl/α,β-unsaturated/α-hetero) is 1. The van der Waals surface area contributed by atoms with E-state index in [9.17, 15) is 4.79 Å². The van der Waals surface area contributed by atoms with E-state index in [4.69, 9.17) is 5.73 Å². The highest BCUT2D eigenvalue weighted by atomic mass is 16.1. The lowest BCUT2D eigenvalue weighted by molar-refractivity contribution is -0.122. The van der Waals surface area contributed by atoms with Gasteiger partial charge in [0.25, 0.3) is 0 Å². The minimum atomic E-state index is 0.208. The molecule has 12 heavy (non-hydrogen) atoms. The van der Waals surface area contributed by atoms with Gasteiger partial charge in [-0.15, -0.1) is 0 Å². The molecule has 0 spiro atoms. The third-order valence-electron chi connectivity index (χ3n) is 2.02. The molecule has 0 fully saturated rings. The van der Waals surface area contributed by atoms with Gasteiger partial charge in [-0.25, -0.2) is 0 Å². The Morgan fingerprint density at radius 1 is 1.17 bits per heavy atom. The van der Waals surface area contributed by atoms with E-state index in [1.807, 2.05) is 13.8 Å². The summed E-state index contributed by atoms with van der Waals surface area (Å²) >= 11 is 0. The molecule has 0 aliphatic heterocycles. The first-order chi connectivity index (χ1) is 5.68. The topological polar surface area (TPSA) is 43.1 Å². The molecule has 0 radical (unpaired) electrons. The maximum absolute atomic E-state index is 11.2. The second kappa shape index (κ2) is 7.29. The van der Waals surface area contributed by atoms with Crippen LogP contribution in [0.2, 0.25) is 0 Å². The standard InChI is InChI=1S/C10H21NO/c1-9(2)10(12)7-5-3-4-6-8-11/h9H,3-8,11H2,1-2H3. The van der Waals surface area contributed by atoms with Crippen LogP contribution in [0.15, 0.2) is 0 Å². The smallest absolute Gasteiger partial charge is 0.135 e. The third-order valence-corrected chi connectivity index (χ3v) is 2.02. The number of hydrogen-bond acceptors (Lipinski definition) is 2. The van der Waals surface area contributed by atoms with Crippen LogP contribution in [-0.2, 0) is 4.79 Å². The number of hydrogen-bond donors (Lipinski definition) is 1. The number of carbonyl (C=O) groups is 1. The fraction of sp³-hybridized carbons (Fsp3) is 0.900. The van der Waals surface area contributed by atoms with Gasteiger partial charge >= 0.3 is 0 Å². The van der Waals surface area contributed by atoms with Gasteiger partial charge in [0.1, 0.15) is 5.78 Å². The monoisotopic (exact) mass is 171 g/mol. The quantitative estimate of drug-likeness (QED) is 0.596. The van der Waals surface area contributed by atoms with Gasteiger partial charge in [-0.1, -0.05) is 26.7 Å². The Hall–Kier alpha value is -0.370. The molecule has 0 saturated heterocycles. The summed E-state index contributed by atoms with van der Waals surface area (Å²) in [4.78, 5) is 11.2. The van der Waals surface area contributed by atoms with Crippen molar-refractivity contribution >= 4 is 5.78 Å². The second-order valence-corrected chi connectivity index (χ2v) is 3.57. The first kappa shape index (κ1) is 11.6. The molecule has 0 aliphatic rings. The first-order valence-electron chi connectivity index (χ1n) is 4.91. The summed E-state index contributed by atoms with van der Waals surface area (Å²) in [7, 11) is 0. The number of ketones is 1. The Morgan fingerprint density at radius 3 is 2.25 bits per heavy atom. The van der Waals surface area contributed by atoms with Crippen LogP contribution in [0.4, 0.5) is 0 Å². The molecule has 0 aliphatic carbocycles. The van der Waals surface area contributed by atoms with Crippen molar-refractivity contribution in [1.29, 1.82) is 0 Å². The summed E-state index contributed by atoms with van der Waals surface area (Å²) in [5.74, 6) is 0.599. The molecule has 0 saturated carbocycles. The van der Waals surface area contributed by atoms with Crippen LogP contribution in [0.3, 0.4) is 0 Å². The highest BCUT2D eigenvalue weighted by molar-refractivity contribution is 5.80. The molecule has 0 unspecified atom stereocenters. The highest BCUT2D eigenvalue weighted by Crippen LogP contribution is 2.06. The van der Waals surface area contributed by atoms with E-state index >= 15 is 0 Å². The summed E-state index contributed by atoms with van der Waals surface area (Å²) in [6, 6.07) is 0. The van der Waals surface area contributed by atoms with Gasteiger partial charge in [0.2, 0.25) is 0 Å². The average molecular weight is 171 g/mol. The van der Waals surface area contributed by atoms with Crippen molar-refractivity contribution in [1.82, 2.24) is 0 Å². The largest absolute Gasteiger partial charge is 0.330 e. The number of nitrogens with two attached hydrogens (primary N) is 1. The van der Waals surface area contributed by atoms with Crippen LogP contribution >= 0.6 is 0 Å². The van der Waals surface area contributed by atoms with Gasteiger partial charge in [-0.3, -0.25) is 4.79 Å². The van der Waals surface area contributed by atoms with Crippen molar-refractivity contribution in [2.45, 2.75) is 46.0 Å². The first-order valence-corrected chi connectivity index (χ1v) is 4.91. The van der Waals surface area contributed by atoms with E-state index in [2.05, 4.69) is 0 Å². The molecular formula is C10H21NO. The molecule has 0 bridgehead atoms. The fourth-order valence-corrected chi connectivity index (χ4v) is 1.09. The third kappa shape index (κ3) is 6.35. The molecule has 0 atom stereocenters. The van der Waals surface area contributed by atoms with Crippen LogP contribution in [0.1, 0.15) is 46.0 Å². The molecule has 0 rings (SSSR count). The predicted octanol–water partition coefficient (Wildman–Crippen LogP) is 2.12. The number of unbranched alkanes of at least 4 members (excludes halogenated alkanes) is 3. The Bertz CT molecular complexity index is 121. The van der Waals surface area contributed by atoms with E-state index in [-0.39, 0.29) is 5.92 Å². The van der Waals surface area contributed by atoms with Gasteiger partial charge in [-0.2, -0.15) is 0 Å². The molecule has 0 aromatic rings. The Balaban J connectivity index is 3.14. The van der Waals surface area contributed by atoms with Crippen LogP contribution in [0.25, 0.3) is 0 Å². The molecule has 2 N–H and O–H groups in total. The zero-order chi connectivity index (χ0) is 9.40. The SMILES string of the molecule is CC(C)C(=O)CCCCCCN. The minimum Gasteiger partial charge on any atom is -0.330 e. The average Bonchev–Trinajstić information content (AvgIpc) is 2.03. The maximum Gasteiger partial charge on any atom is 0.135 e. The van der Waals surface area contributed by atoms with Crippen molar-refractivity contribution in [3.05, 3.63) is 0 Å². The van der Waals surface area contributed by atoms with E-state index in [1.165, 1.54) is 6.42 Å². The number of rotatable bonds is 7. The molecule has 2 nitrogen and oxygen atoms in total. The zero-order valence-corrected chi connectivity index (χ0v) is 8.31. The van der Waals surface area contributed by atoms with Crippen molar-refractivity contribution in [3.63, 3.8) is 0 Å². The Kier molecular flexibility index (Phi) is 7.06. The van der Waals surface area contributed by atoms with E-state index in [0.29, 0.717) is 5.78 Å². The lowest BCUT2D eigenvalue weighted by Crippen LogP contribution is -2.06. The van der Waals surface area contributed by atoms with Crippen LogP contribution in [-0.4, -0.2) is 12.3 Å². The van der Waals surface area contributed by atoms with Crippen LogP contribution < -0.4 is 5.73 Å². The van der Waals surface area contributed by atoms with Crippen molar-refractivity contribution in [2.24, 2.45) is 11.7 Å². The zero-order valence-electron chi connectivity index (χ0n) is 8.31.